The first kappa shape index (κ1) is 13.1. The summed E-state index contributed by atoms with van der Waals surface area (Å²) in [5.74, 6) is 1.76. The van der Waals surface area contributed by atoms with Crippen LogP contribution in [-0.4, -0.2) is 36.9 Å². The van der Waals surface area contributed by atoms with Crippen molar-refractivity contribution in [1.82, 2.24) is 15.5 Å². The van der Waals surface area contributed by atoms with E-state index in [1.807, 2.05) is 0 Å². The molecule has 1 heterocycles. The first-order chi connectivity index (χ1) is 7.77. The second-order valence-electron chi connectivity index (χ2n) is 3.85. The molecule has 0 aromatic carbocycles. The number of hydrogen-bond acceptors (Lipinski definition) is 5. The Bertz CT molecular complexity index is 289. The van der Waals surface area contributed by atoms with Crippen molar-refractivity contribution >= 4 is 0 Å². The second-order valence-corrected chi connectivity index (χ2v) is 3.85. The van der Waals surface area contributed by atoms with Gasteiger partial charge in [0, 0.05) is 32.6 Å². The van der Waals surface area contributed by atoms with Crippen LogP contribution in [0.5, 0.6) is 0 Å². The van der Waals surface area contributed by atoms with Crippen molar-refractivity contribution in [3.8, 4) is 0 Å². The van der Waals surface area contributed by atoms with Gasteiger partial charge in [-0.05, 0) is 13.0 Å². The molecule has 0 aliphatic rings. The van der Waals surface area contributed by atoms with E-state index in [0.717, 1.165) is 38.4 Å². The van der Waals surface area contributed by atoms with Crippen molar-refractivity contribution in [3.63, 3.8) is 0 Å². The predicted octanol–water partition coefficient (Wildman–Crippen LogP) is 1.36. The van der Waals surface area contributed by atoms with Crippen molar-refractivity contribution in [2.75, 3.05) is 26.8 Å². The van der Waals surface area contributed by atoms with Crippen molar-refractivity contribution in [2.45, 2.75) is 32.6 Å². The molecule has 0 amide bonds. The van der Waals surface area contributed by atoms with Crippen LogP contribution in [0.2, 0.25) is 0 Å². The number of aryl methyl sites for hydroxylation is 1. The fraction of sp³-hybridized carbons (Fsp3) is 0.818. The molecule has 0 fully saturated rings. The number of aromatic nitrogens is 2. The van der Waals surface area contributed by atoms with Gasteiger partial charge in [0.25, 0.3) is 0 Å². The van der Waals surface area contributed by atoms with Crippen molar-refractivity contribution < 1.29 is 9.26 Å². The molecule has 0 saturated heterocycles. The quantitative estimate of drug-likeness (QED) is 0.679. The summed E-state index contributed by atoms with van der Waals surface area (Å²) < 4.78 is 10.2. The van der Waals surface area contributed by atoms with Crippen LogP contribution in [-0.2, 0) is 11.2 Å². The number of rotatable bonds is 8. The molecule has 0 aliphatic heterocycles. The maximum atomic E-state index is 5.21. The van der Waals surface area contributed by atoms with E-state index in [2.05, 4.69) is 29.3 Å². The van der Waals surface area contributed by atoms with E-state index in [4.69, 9.17) is 9.26 Å². The third-order valence-corrected chi connectivity index (χ3v) is 2.35. The summed E-state index contributed by atoms with van der Waals surface area (Å²) in [7, 11) is 1.69. The van der Waals surface area contributed by atoms with E-state index in [-0.39, 0.29) is 5.92 Å². The highest BCUT2D eigenvalue weighted by molar-refractivity contribution is 4.93. The van der Waals surface area contributed by atoms with Gasteiger partial charge in [-0.25, -0.2) is 0 Å². The Kier molecular flexibility index (Phi) is 6.03. The first-order valence-electron chi connectivity index (χ1n) is 5.80. The molecule has 1 rings (SSSR count). The third-order valence-electron chi connectivity index (χ3n) is 2.35. The van der Waals surface area contributed by atoms with E-state index in [1.54, 1.807) is 7.11 Å². The lowest BCUT2D eigenvalue weighted by atomic mass is 10.2. The predicted molar refractivity (Wildman–Crippen MR) is 61.5 cm³/mol. The van der Waals surface area contributed by atoms with Gasteiger partial charge in [-0.3, -0.25) is 0 Å². The van der Waals surface area contributed by atoms with Crippen LogP contribution < -0.4 is 5.32 Å². The molecular weight excluding hydrogens is 206 g/mol. The summed E-state index contributed by atoms with van der Waals surface area (Å²) in [5.41, 5.74) is 0. The number of likely N-dealkylation sites (N-methyl/N-ethyl adjacent to an activating group) is 1. The normalized spacial score (nSPS) is 12.9. The fourth-order valence-corrected chi connectivity index (χ4v) is 1.39. The fourth-order valence-electron chi connectivity index (χ4n) is 1.39. The smallest absolute Gasteiger partial charge is 0.230 e. The summed E-state index contributed by atoms with van der Waals surface area (Å²) in [6.45, 7) is 6.72. The number of nitrogens with one attached hydrogen (secondary N) is 1. The van der Waals surface area contributed by atoms with Crippen LogP contribution in [0.15, 0.2) is 4.52 Å². The van der Waals surface area contributed by atoms with Crippen LogP contribution in [0.1, 0.15) is 37.9 Å². The lowest BCUT2D eigenvalue weighted by molar-refractivity contribution is 0.194. The summed E-state index contributed by atoms with van der Waals surface area (Å²) in [6.07, 6.45) is 1.74. The van der Waals surface area contributed by atoms with Crippen LogP contribution in [0.3, 0.4) is 0 Å². The lowest BCUT2D eigenvalue weighted by Crippen LogP contribution is -2.19. The molecule has 1 N–H and O–H groups in total. The van der Waals surface area contributed by atoms with Gasteiger partial charge in [-0.15, -0.1) is 0 Å². The Morgan fingerprint density at radius 1 is 1.50 bits per heavy atom. The molecule has 92 valence electrons. The van der Waals surface area contributed by atoms with Crippen molar-refractivity contribution in [1.29, 1.82) is 0 Å². The van der Waals surface area contributed by atoms with Crippen LogP contribution in [0.4, 0.5) is 0 Å². The first-order valence-corrected chi connectivity index (χ1v) is 5.80. The maximum absolute atomic E-state index is 5.21. The summed E-state index contributed by atoms with van der Waals surface area (Å²) >= 11 is 0. The molecule has 0 spiro atoms. The molecule has 0 aliphatic carbocycles. The van der Waals surface area contributed by atoms with Gasteiger partial charge in [0.05, 0.1) is 0 Å². The molecule has 0 bridgehead atoms. The van der Waals surface area contributed by atoms with Gasteiger partial charge >= 0.3 is 0 Å². The highest BCUT2D eigenvalue weighted by Gasteiger charge is 2.13. The Morgan fingerprint density at radius 2 is 2.31 bits per heavy atom. The SMILES string of the molecule is CCNCC(C)c1nc(CCCOC)no1. The topological polar surface area (TPSA) is 60.2 Å². The molecule has 1 atom stereocenters. The minimum Gasteiger partial charge on any atom is -0.385 e. The highest BCUT2D eigenvalue weighted by atomic mass is 16.5. The molecular formula is C11H21N3O2. The van der Waals surface area contributed by atoms with Gasteiger partial charge in [-0.1, -0.05) is 19.0 Å². The monoisotopic (exact) mass is 227 g/mol. The molecule has 16 heavy (non-hydrogen) atoms. The van der Waals surface area contributed by atoms with E-state index in [0.29, 0.717) is 5.89 Å². The largest absolute Gasteiger partial charge is 0.385 e. The zero-order valence-electron chi connectivity index (χ0n) is 10.3. The number of nitrogens with zero attached hydrogens (tertiary/aromatic N) is 2. The van der Waals surface area contributed by atoms with Crippen LogP contribution in [0, 0.1) is 0 Å². The number of ether oxygens (including phenoxy) is 1. The van der Waals surface area contributed by atoms with Gasteiger partial charge in [0.15, 0.2) is 5.82 Å². The summed E-state index contributed by atoms with van der Waals surface area (Å²) in [4.78, 5) is 4.36. The zero-order chi connectivity index (χ0) is 11.8. The lowest BCUT2D eigenvalue weighted by Gasteiger charge is -2.05. The summed E-state index contributed by atoms with van der Waals surface area (Å²) in [5, 5.41) is 7.21. The van der Waals surface area contributed by atoms with Crippen LogP contribution >= 0.6 is 0 Å². The minimum absolute atomic E-state index is 0.267. The van der Waals surface area contributed by atoms with E-state index in [1.165, 1.54) is 0 Å². The average Bonchev–Trinajstić information content (AvgIpc) is 2.75. The van der Waals surface area contributed by atoms with Crippen molar-refractivity contribution in [2.24, 2.45) is 0 Å². The third kappa shape index (κ3) is 4.28. The molecule has 5 heteroatoms. The Labute approximate surface area is 96.6 Å². The molecule has 0 saturated carbocycles. The van der Waals surface area contributed by atoms with E-state index in [9.17, 15) is 0 Å². The zero-order valence-corrected chi connectivity index (χ0v) is 10.3. The van der Waals surface area contributed by atoms with Gasteiger partial charge in [-0.2, -0.15) is 4.98 Å². The summed E-state index contributed by atoms with van der Waals surface area (Å²) in [6, 6.07) is 0. The molecule has 1 unspecified atom stereocenters. The van der Waals surface area contributed by atoms with E-state index >= 15 is 0 Å². The maximum Gasteiger partial charge on any atom is 0.230 e. The molecule has 1 aromatic rings. The second kappa shape index (κ2) is 7.35. The standard InChI is InChI=1S/C11H21N3O2/c1-4-12-8-9(2)11-13-10(14-16-11)6-5-7-15-3/h9,12H,4-8H2,1-3H3. The van der Waals surface area contributed by atoms with Gasteiger partial charge < -0.3 is 14.6 Å². The van der Waals surface area contributed by atoms with E-state index < -0.39 is 0 Å². The molecule has 1 aromatic heterocycles. The van der Waals surface area contributed by atoms with Crippen molar-refractivity contribution in [3.05, 3.63) is 11.7 Å². The average molecular weight is 227 g/mol. The number of methoxy groups -OCH3 is 1. The molecule has 0 radical (unpaired) electrons. The van der Waals surface area contributed by atoms with Gasteiger partial charge in [0.1, 0.15) is 0 Å². The highest BCUT2D eigenvalue weighted by Crippen LogP contribution is 2.12. The number of hydrogen-bond donors (Lipinski definition) is 1. The minimum atomic E-state index is 0.267. The Balaban J connectivity index is 2.37. The van der Waals surface area contributed by atoms with Gasteiger partial charge in [0.2, 0.25) is 5.89 Å². The van der Waals surface area contributed by atoms with Crippen LogP contribution in [0.25, 0.3) is 0 Å². The Morgan fingerprint density at radius 3 is 3.00 bits per heavy atom. The molecule has 5 nitrogen and oxygen atoms in total. The Hall–Kier alpha value is -0.940.